The molecule has 94 valence electrons. The molecule has 2 unspecified atom stereocenters. The summed E-state index contributed by atoms with van der Waals surface area (Å²) in [6, 6.07) is 6.53. The molecule has 1 aliphatic heterocycles. The number of rotatable bonds is 4. The van der Waals surface area contributed by atoms with Crippen LogP contribution in [0.1, 0.15) is 13.3 Å². The normalized spacial score (nSPS) is 23.5. The molecule has 1 aliphatic rings. The van der Waals surface area contributed by atoms with Gasteiger partial charge in [-0.3, -0.25) is 0 Å². The Hall–Kier alpha value is -1.03. The van der Waals surface area contributed by atoms with Gasteiger partial charge in [-0.1, -0.05) is 6.92 Å². The number of anilines is 1. The number of thioether (sulfide) groups is 1. The minimum absolute atomic E-state index is 0.563. The van der Waals surface area contributed by atoms with Crippen LogP contribution < -0.4 is 14.8 Å². The maximum absolute atomic E-state index is 5.29. The minimum atomic E-state index is 0.563. The van der Waals surface area contributed by atoms with Crippen LogP contribution in [0.5, 0.6) is 11.5 Å². The molecule has 1 saturated heterocycles. The van der Waals surface area contributed by atoms with Gasteiger partial charge in [0, 0.05) is 28.8 Å². The number of benzene rings is 1. The highest BCUT2D eigenvalue weighted by Gasteiger charge is 2.21. The van der Waals surface area contributed by atoms with Crippen molar-refractivity contribution < 1.29 is 9.47 Å². The average molecular weight is 253 g/mol. The van der Waals surface area contributed by atoms with Crippen molar-refractivity contribution in [1.82, 2.24) is 0 Å². The van der Waals surface area contributed by atoms with Crippen LogP contribution in [0.3, 0.4) is 0 Å². The lowest BCUT2D eigenvalue weighted by Crippen LogP contribution is -2.18. The van der Waals surface area contributed by atoms with Gasteiger partial charge in [-0.05, 0) is 18.6 Å². The molecule has 3 nitrogen and oxygen atoms in total. The van der Waals surface area contributed by atoms with Crippen LogP contribution in [0.15, 0.2) is 18.2 Å². The maximum atomic E-state index is 5.29. The highest BCUT2D eigenvalue weighted by molar-refractivity contribution is 8.00. The van der Waals surface area contributed by atoms with E-state index >= 15 is 0 Å². The van der Waals surface area contributed by atoms with Crippen molar-refractivity contribution in [3.8, 4) is 11.5 Å². The van der Waals surface area contributed by atoms with Crippen LogP contribution in [0.25, 0.3) is 0 Å². The summed E-state index contributed by atoms with van der Waals surface area (Å²) in [5.41, 5.74) is 1.10. The molecule has 1 aromatic rings. The molecule has 0 amide bonds. The van der Waals surface area contributed by atoms with Gasteiger partial charge < -0.3 is 14.8 Å². The zero-order valence-electron chi connectivity index (χ0n) is 10.5. The monoisotopic (exact) mass is 253 g/mol. The Bertz CT molecular complexity index is 384. The van der Waals surface area contributed by atoms with Gasteiger partial charge in [0.25, 0.3) is 0 Å². The zero-order valence-corrected chi connectivity index (χ0v) is 11.3. The summed E-state index contributed by atoms with van der Waals surface area (Å²) in [6.45, 7) is 2.28. The molecule has 2 rings (SSSR count). The van der Waals surface area contributed by atoms with E-state index < -0.39 is 0 Å². The molecule has 4 heteroatoms. The van der Waals surface area contributed by atoms with Crippen molar-refractivity contribution in [2.75, 3.05) is 25.3 Å². The second-order valence-electron chi connectivity index (χ2n) is 4.29. The van der Waals surface area contributed by atoms with Crippen molar-refractivity contribution in [3.63, 3.8) is 0 Å². The molecule has 1 aromatic carbocycles. The fourth-order valence-corrected chi connectivity index (χ4v) is 3.23. The van der Waals surface area contributed by atoms with Crippen LogP contribution in [-0.2, 0) is 0 Å². The van der Waals surface area contributed by atoms with Crippen molar-refractivity contribution in [2.45, 2.75) is 24.6 Å². The van der Waals surface area contributed by atoms with Gasteiger partial charge in [-0.25, -0.2) is 0 Å². The summed E-state index contributed by atoms with van der Waals surface area (Å²) < 4.78 is 10.5. The summed E-state index contributed by atoms with van der Waals surface area (Å²) in [5.74, 6) is 2.72. The van der Waals surface area contributed by atoms with Crippen molar-refractivity contribution in [1.29, 1.82) is 0 Å². The Morgan fingerprint density at radius 2 is 2.00 bits per heavy atom. The number of nitrogens with one attached hydrogen (secondary N) is 1. The third-order valence-corrected chi connectivity index (χ3v) is 4.31. The first-order chi connectivity index (χ1) is 8.22. The molecule has 0 spiro atoms. The SMILES string of the molecule is COc1ccc(NC2CSC(C)C2)cc1OC. The standard InChI is InChI=1S/C13H19NO2S/c1-9-6-11(8-17-9)14-10-4-5-12(15-2)13(7-10)16-3/h4-5,7,9,11,14H,6,8H2,1-3H3. The Morgan fingerprint density at radius 1 is 1.24 bits per heavy atom. The predicted molar refractivity (Wildman–Crippen MR) is 73.5 cm³/mol. The Balaban J connectivity index is 2.06. The van der Waals surface area contributed by atoms with Crippen LogP contribution in [0.2, 0.25) is 0 Å². The van der Waals surface area contributed by atoms with E-state index in [4.69, 9.17) is 9.47 Å². The maximum Gasteiger partial charge on any atom is 0.162 e. The van der Waals surface area contributed by atoms with Crippen LogP contribution in [0.4, 0.5) is 5.69 Å². The van der Waals surface area contributed by atoms with Crippen molar-refractivity contribution in [2.24, 2.45) is 0 Å². The highest BCUT2D eigenvalue weighted by Crippen LogP contribution is 2.32. The molecule has 1 N–H and O–H groups in total. The topological polar surface area (TPSA) is 30.5 Å². The van der Waals surface area contributed by atoms with Crippen LogP contribution in [0, 0.1) is 0 Å². The van der Waals surface area contributed by atoms with E-state index in [0.717, 1.165) is 22.4 Å². The first-order valence-corrected chi connectivity index (χ1v) is 6.88. The molecular formula is C13H19NO2S. The second-order valence-corrected chi connectivity index (χ2v) is 5.76. The largest absolute Gasteiger partial charge is 0.493 e. The third kappa shape index (κ3) is 3.00. The van der Waals surface area contributed by atoms with Gasteiger partial charge in [0.1, 0.15) is 0 Å². The molecule has 0 radical (unpaired) electrons. The molecule has 1 fully saturated rings. The van der Waals surface area contributed by atoms with E-state index in [0.29, 0.717) is 6.04 Å². The quantitative estimate of drug-likeness (QED) is 0.893. The molecule has 1 heterocycles. The Labute approximate surface area is 107 Å². The highest BCUT2D eigenvalue weighted by atomic mass is 32.2. The van der Waals surface area contributed by atoms with Gasteiger partial charge in [0.05, 0.1) is 14.2 Å². The fraction of sp³-hybridized carbons (Fsp3) is 0.538. The van der Waals surface area contributed by atoms with Crippen molar-refractivity contribution in [3.05, 3.63) is 18.2 Å². The molecule has 0 aromatic heterocycles. The first kappa shape index (κ1) is 12.4. The summed E-state index contributed by atoms with van der Waals surface area (Å²) in [4.78, 5) is 0. The summed E-state index contributed by atoms with van der Waals surface area (Å²) >= 11 is 2.02. The molecule has 0 bridgehead atoms. The molecule has 17 heavy (non-hydrogen) atoms. The van der Waals surface area contributed by atoms with Gasteiger partial charge >= 0.3 is 0 Å². The predicted octanol–water partition coefficient (Wildman–Crippen LogP) is 3.01. The van der Waals surface area contributed by atoms with Gasteiger partial charge in [0.2, 0.25) is 0 Å². The average Bonchev–Trinajstić information content (AvgIpc) is 2.74. The Morgan fingerprint density at radius 3 is 2.59 bits per heavy atom. The van der Waals surface area contributed by atoms with Gasteiger partial charge in [0.15, 0.2) is 11.5 Å². The number of hydrogen-bond acceptors (Lipinski definition) is 4. The third-order valence-electron chi connectivity index (χ3n) is 2.95. The van der Waals surface area contributed by atoms with E-state index in [1.807, 2.05) is 30.0 Å². The number of hydrogen-bond donors (Lipinski definition) is 1. The van der Waals surface area contributed by atoms with E-state index in [1.165, 1.54) is 12.2 Å². The Kier molecular flexibility index (Phi) is 4.05. The lowest BCUT2D eigenvalue weighted by Gasteiger charge is -2.15. The fourth-order valence-electron chi connectivity index (χ4n) is 2.08. The summed E-state index contributed by atoms with van der Waals surface area (Å²) in [6.07, 6.45) is 1.22. The molecule has 0 saturated carbocycles. The van der Waals surface area contributed by atoms with Gasteiger partial charge in [-0.2, -0.15) is 11.8 Å². The lowest BCUT2D eigenvalue weighted by atomic mass is 10.2. The lowest BCUT2D eigenvalue weighted by molar-refractivity contribution is 0.355. The summed E-state index contributed by atoms with van der Waals surface area (Å²) in [5, 5.41) is 4.30. The van der Waals surface area contributed by atoms with E-state index in [9.17, 15) is 0 Å². The summed E-state index contributed by atoms with van der Waals surface area (Å²) in [7, 11) is 3.31. The van der Waals surface area contributed by atoms with Crippen LogP contribution in [-0.4, -0.2) is 31.3 Å². The first-order valence-electron chi connectivity index (χ1n) is 5.83. The van der Waals surface area contributed by atoms with E-state index in [-0.39, 0.29) is 0 Å². The number of ether oxygens (including phenoxy) is 2. The minimum Gasteiger partial charge on any atom is -0.493 e. The zero-order chi connectivity index (χ0) is 12.3. The van der Waals surface area contributed by atoms with Crippen LogP contribution >= 0.6 is 11.8 Å². The van der Waals surface area contributed by atoms with Gasteiger partial charge in [-0.15, -0.1) is 0 Å². The second kappa shape index (κ2) is 5.54. The molecule has 0 aliphatic carbocycles. The van der Waals surface area contributed by atoms with Crippen molar-refractivity contribution >= 4 is 17.4 Å². The molecular weight excluding hydrogens is 234 g/mol. The smallest absolute Gasteiger partial charge is 0.162 e. The van der Waals surface area contributed by atoms with E-state index in [2.05, 4.69) is 12.2 Å². The molecule has 2 atom stereocenters. The number of methoxy groups -OCH3 is 2. The van der Waals surface area contributed by atoms with E-state index in [1.54, 1.807) is 14.2 Å².